The highest BCUT2D eigenvalue weighted by atomic mass is 16.5. The number of carbonyl (C=O) groups excluding carboxylic acids is 1. The van der Waals surface area contributed by atoms with Gasteiger partial charge in [-0.15, -0.1) is 0 Å². The number of ether oxygens (including phenoxy) is 1. The predicted octanol–water partition coefficient (Wildman–Crippen LogP) is -0.853. The number of cyclic esters (lactones) is 1. The van der Waals surface area contributed by atoms with Crippen LogP contribution in [0.15, 0.2) is 0 Å². The van der Waals surface area contributed by atoms with Crippen molar-refractivity contribution in [2.24, 2.45) is 23.7 Å². The SMILES string of the molecule is O=C1OC[C@@H]2[C@H]1[C@H]1C[C@H](O)[C@H]2[C@@H]1O. The molecule has 2 saturated carbocycles. The highest BCUT2D eigenvalue weighted by Crippen LogP contribution is 2.55. The lowest BCUT2D eigenvalue weighted by molar-refractivity contribution is -0.143. The van der Waals surface area contributed by atoms with Crippen molar-refractivity contribution in [3.63, 3.8) is 0 Å². The van der Waals surface area contributed by atoms with Gasteiger partial charge in [-0.3, -0.25) is 4.79 Å². The minimum absolute atomic E-state index is 0.0556. The van der Waals surface area contributed by atoms with Gasteiger partial charge in [0.05, 0.1) is 24.7 Å². The number of rotatable bonds is 0. The summed E-state index contributed by atoms with van der Waals surface area (Å²) in [6.45, 7) is 0.388. The Balaban J connectivity index is 1.98. The molecule has 0 aromatic carbocycles. The van der Waals surface area contributed by atoms with E-state index in [4.69, 9.17) is 4.74 Å². The molecule has 1 aliphatic heterocycles. The topological polar surface area (TPSA) is 66.8 Å². The Morgan fingerprint density at radius 1 is 1.31 bits per heavy atom. The van der Waals surface area contributed by atoms with E-state index in [1.807, 2.05) is 0 Å². The molecule has 1 heterocycles. The minimum Gasteiger partial charge on any atom is -0.465 e. The van der Waals surface area contributed by atoms with Gasteiger partial charge in [0.15, 0.2) is 0 Å². The molecule has 3 rings (SSSR count). The zero-order valence-electron chi connectivity index (χ0n) is 7.09. The van der Waals surface area contributed by atoms with Crippen LogP contribution in [0.4, 0.5) is 0 Å². The molecule has 6 atom stereocenters. The fourth-order valence-corrected chi connectivity index (χ4v) is 3.38. The van der Waals surface area contributed by atoms with Crippen molar-refractivity contribution in [2.45, 2.75) is 18.6 Å². The van der Waals surface area contributed by atoms with Crippen LogP contribution >= 0.6 is 0 Å². The van der Waals surface area contributed by atoms with Crippen LogP contribution in [-0.2, 0) is 9.53 Å². The first kappa shape index (κ1) is 7.76. The van der Waals surface area contributed by atoms with Gasteiger partial charge in [0.1, 0.15) is 0 Å². The number of esters is 1. The molecule has 4 nitrogen and oxygen atoms in total. The van der Waals surface area contributed by atoms with Gasteiger partial charge < -0.3 is 14.9 Å². The maximum atomic E-state index is 11.3. The van der Waals surface area contributed by atoms with Gasteiger partial charge in [0, 0.05) is 17.8 Å². The fourth-order valence-electron chi connectivity index (χ4n) is 3.38. The normalized spacial score (nSPS) is 58.2. The van der Waals surface area contributed by atoms with E-state index in [9.17, 15) is 15.0 Å². The summed E-state index contributed by atoms with van der Waals surface area (Å²) in [4.78, 5) is 11.3. The van der Waals surface area contributed by atoms with E-state index in [0.29, 0.717) is 13.0 Å². The van der Waals surface area contributed by atoms with Crippen molar-refractivity contribution in [2.75, 3.05) is 6.61 Å². The molecule has 2 N–H and O–H groups in total. The summed E-state index contributed by atoms with van der Waals surface area (Å²) in [7, 11) is 0. The Labute approximate surface area is 75.5 Å². The average molecular weight is 184 g/mol. The Kier molecular flexibility index (Phi) is 1.34. The van der Waals surface area contributed by atoms with Crippen molar-refractivity contribution in [1.29, 1.82) is 0 Å². The van der Waals surface area contributed by atoms with Gasteiger partial charge in [-0.25, -0.2) is 0 Å². The molecule has 72 valence electrons. The second-order valence-corrected chi connectivity index (χ2v) is 4.35. The Hall–Kier alpha value is -0.610. The lowest BCUT2D eigenvalue weighted by Gasteiger charge is -2.23. The summed E-state index contributed by atoms with van der Waals surface area (Å²) in [5.74, 6) is -0.426. The van der Waals surface area contributed by atoms with Crippen LogP contribution in [0.2, 0.25) is 0 Å². The first-order valence-electron chi connectivity index (χ1n) is 4.73. The number of carbonyl (C=O) groups is 1. The third kappa shape index (κ3) is 0.758. The molecule has 2 bridgehead atoms. The molecular formula is C9H12O4. The van der Waals surface area contributed by atoms with Gasteiger partial charge in [-0.1, -0.05) is 0 Å². The maximum Gasteiger partial charge on any atom is 0.309 e. The number of hydrogen-bond acceptors (Lipinski definition) is 4. The van der Waals surface area contributed by atoms with Gasteiger partial charge in [-0.05, 0) is 6.42 Å². The molecule has 1 saturated heterocycles. The van der Waals surface area contributed by atoms with Gasteiger partial charge in [0.2, 0.25) is 0 Å². The summed E-state index contributed by atoms with van der Waals surface area (Å²) >= 11 is 0. The minimum atomic E-state index is -0.488. The summed E-state index contributed by atoms with van der Waals surface area (Å²) in [5.41, 5.74) is 0. The Morgan fingerprint density at radius 3 is 2.85 bits per heavy atom. The first-order valence-corrected chi connectivity index (χ1v) is 4.73. The van der Waals surface area contributed by atoms with Crippen molar-refractivity contribution < 1.29 is 19.7 Å². The molecule has 4 heteroatoms. The lowest BCUT2D eigenvalue weighted by atomic mass is 9.80. The van der Waals surface area contributed by atoms with Crippen molar-refractivity contribution in [3.05, 3.63) is 0 Å². The largest absolute Gasteiger partial charge is 0.465 e. The Morgan fingerprint density at radius 2 is 2.08 bits per heavy atom. The molecule has 3 aliphatic rings. The van der Waals surface area contributed by atoms with Crippen LogP contribution in [0.3, 0.4) is 0 Å². The van der Waals surface area contributed by atoms with Crippen LogP contribution in [0.5, 0.6) is 0 Å². The fraction of sp³-hybridized carbons (Fsp3) is 0.889. The third-order valence-electron chi connectivity index (χ3n) is 3.90. The predicted molar refractivity (Wildman–Crippen MR) is 41.5 cm³/mol. The summed E-state index contributed by atoms with van der Waals surface area (Å²) < 4.78 is 4.94. The van der Waals surface area contributed by atoms with E-state index in [2.05, 4.69) is 0 Å². The van der Waals surface area contributed by atoms with Crippen LogP contribution < -0.4 is 0 Å². The number of aliphatic hydroxyl groups excluding tert-OH is 2. The van der Waals surface area contributed by atoms with Crippen LogP contribution in [-0.4, -0.2) is 35.0 Å². The number of hydrogen-bond donors (Lipinski definition) is 2. The lowest BCUT2D eigenvalue weighted by Crippen LogP contribution is -2.31. The molecule has 0 unspecified atom stereocenters. The molecule has 3 fully saturated rings. The van der Waals surface area contributed by atoms with Crippen molar-refractivity contribution in [3.8, 4) is 0 Å². The molecule has 0 aromatic heterocycles. The van der Waals surface area contributed by atoms with E-state index in [0.717, 1.165) is 0 Å². The highest BCUT2D eigenvalue weighted by Gasteiger charge is 2.63. The summed E-state index contributed by atoms with van der Waals surface area (Å²) in [5, 5.41) is 19.4. The highest BCUT2D eigenvalue weighted by molar-refractivity contribution is 5.76. The smallest absolute Gasteiger partial charge is 0.309 e. The zero-order chi connectivity index (χ0) is 9.16. The molecule has 13 heavy (non-hydrogen) atoms. The van der Waals surface area contributed by atoms with Crippen molar-refractivity contribution >= 4 is 5.97 Å². The second kappa shape index (κ2) is 2.25. The quantitative estimate of drug-likeness (QED) is 0.481. The van der Waals surface area contributed by atoms with E-state index in [1.165, 1.54) is 0 Å². The first-order chi connectivity index (χ1) is 6.20. The summed E-state index contributed by atoms with van der Waals surface area (Å²) in [6.07, 6.45) is -0.365. The number of fused-ring (bicyclic) bond motifs is 5. The number of aliphatic hydroxyl groups is 2. The van der Waals surface area contributed by atoms with Crippen LogP contribution in [0.1, 0.15) is 6.42 Å². The van der Waals surface area contributed by atoms with E-state index < -0.39 is 12.2 Å². The van der Waals surface area contributed by atoms with Crippen molar-refractivity contribution in [1.82, 2.24) is 0 Å². The molecular weight excluding hydrogens is 172 g/mol. The third-order valence-corrected chi connectivity index (χ3v) is 3.90. The van der Waals surface area contributed by atoms with Gasteiger partial charge >= 0.3 is 5.97 Å². The van der Waals surface area contributed by atoms with E-state index in [-0.39, 0.29) is 29.6 Å². The Bertz CT molecular complexity index is 262. The van der Waals surface area contributed by atoms with Gasteiger partial charge in [-0.2, -0.15) is 0 Å². The molecule has 0 radical (unpaired) electrons. The monoisotopic (exact) mass is 184 g/mol. The van der Waals surface area contributed by atoms with Crippen LogP contribution in [0, 0.1) is 23.7 Å². The molecule has 0 spiro atoms. The van der Waals surface area contributed by atoms with E-state index >= 15 is 0 Å². The standard InChI is InChI=1S/C9H12O4/c10-5-1-3-6-4(2-13-9(6)12)7(5)8(3)11/h3-8,10-11H,1-2H2/t3-,4-,5+,6-,7+,8-/m1/s1. The average Bonchev–Trinajstić information content (AvgIpc) is 2.64. The van der Waals surface area contributed by atoms with Crippen LogP contribution in [0.25, 0.3) is 0 Å². The second-order valence-electron chi connectivity index (χ2n) is 4.35. The molecule has 0 aromatic rings. The maximum absolute atomic E-state index is 11.3. The van der Waals surface area contributed by atoms with Gasteiger partial charge in [0.25, 0.3) is 0 Å². The zero-order valence-corrected chi connectivity index (χ0v) is 7.09. The van der Waals surface area contributed by atoms with E-state index in [1.54, 1.807) is 0 Å². The molecule has 0 amide bonds. The summed E-state index contributed by atoms with van der Waals surface area (Å²) in [6, 6.07) is 0. The molecule has 2 aliphatic carbocycles.